The highest BCUT2D eigenvalue weighted by Crippen LogP contribution is 2.24. The molecule has 2 heterocycles. The van der Waals surface area contributed by atoms with E-state index in [4.69, 9.17) is 10.5 Å². The number of nitrogens with zero attached hydrogens (tertiary/aromatic N) is 3. The minimum Gasteiger partial charge on any atom is -0.494 e. The Hall–Kier alpha value is -2.77. The fourth-order valence-electron chi connectivity index (χ4n) is 3.53. The van der Waals surface area contributed by atoms with E-state index in [1.165, 1.54) is 0 Å². The number of carbonyl (C=O) groups is 3. The van der Waals surface area contributed by atoms with Crippen molar-refractivity contribution in [2.45, 2.75) is 19.8 Å². The van der Waals surface area contributed by atoms with Crippen LogP contribution in [-0.2, 0) is 9.59 Å². The number of anilines is 1. The first kappa shape index (κ1) is 19.0. The van der Waals surface area contributed by atoms with Gasteiger partial charge in [0.25, 0.3) is 0 Å². The molecule has 3 rings (SSSR count). The Kier molecular flexibility index (Phi) is 5.83. The number of piperidine rings is 1. The Bertz CT molecular complexity index is 698. The molecule has 8 nitrogen and oxygen atoms in total. The molecule has 0 radical (unpaired) electrons. The maximum atomic E-state index is 12.7. The molecule has 2 aliphatic rings. The molecule has 2 N–H and O–H groups in total. The van der Waals surface area contributed by atoms with Gasteiger partial charge in [0.05, 0.1) is 6.61 Å². The second-order valence-electron chi connectivity index (χ2n) is 6.84. The Morgan fingerprint density at radius 2 is 1.78 bits per heavy atom. The summed E-state index contributed by atoms with van der Waals surface area (Å²) in [4.78, 5) is 41.4. The molecule has 1 aromatic rings. The van der Waals surface area contributed by atoms with Crippen LogP contribution in [0.2, 0.25) is 0 Å². The van der Waals surface area contributed by atoms with Gasteiger partial charge in [-0.2, -0.15) is 0 Å². The average molecular weight is 374 g/mol. The molecule has 2 fully saturated rings. The van der Waals surface area contributed by atoms with Crippen molar-refractivity contribution in [3.8, 4) is 5.75 Å². The summed E-state index contributed by atoms with van der Waals surface area (Å²) in [6.07, 6.45) is 1.18. The number of benzene rings is 1. The lowest BCUT2D eigenvalue weighted by Gasteiger charge is -2.31. The van der Waals surface area contributed by atoms with E-state index in [0.29, 0.717) is 45.6 Å². The van der Waals surface area contributed by atoms with Crippen molar-refractivity contribution in [2.75, 3.05) is 44.2 Å². The van der Waals surface area contributed by atoms with Crippen molar-refractivity contribution in [2.24, 2.45) is 11.7 Å². The molecule has 27 heavy (non-hydrogen) atoms. The normalized spacial score (nSPS) is 18.1. The molecule has 2 saturated heterocycles. The first-order valence-electron chi connectivity index (χ1n) is 9.36. The summed E-state index contributed by atoms with van der Waals surface area (Å²) in [7, 11) is 0. The summed E-state index contributed by atoms with van der Waals surface area (Å²) in [5.74, 6) is 0.222. The first-order valence-corrected chi connectivity index (χ1v) is 9.36. The summed E-state index contributed by atoms with van der Waals surface area (Å²) in [5.41, 5.74) is 6.12. The third-order valence-corrected chi connectivity index (χ3v) is 5.13. The van der Waals surface area contributed by atoms with E-state index in [-0.39, 0.29) is 30.3 Å². The Morgan fingerprint density at radius 1 is 1.11 bits per heavy atom. The van der Waals surface area contributed by atoms with Gasteiger partial charge in [-0.15, -0.1) is 0 Å². The van der Waals surface area contributed by atoms with E-state index in [1.807, 2.05) is 31.2 Å². The third kappa shape index (κ3) is 4.32. The summed E-state index contributed by atoms with van der Waals surface area (Å²) in [6.45, 7) is 4.65. The molecule has 2 aliphatic heterocycles. The number of hydrogen-bond donors (Lipinski definition) is 1. The van der Waals surface area contributed by atoms with Crippen LogP contribution >= 0.6 is 0 Å². The molecule has 0 atom stereocenters. The van der Waals surface area contributed by atoms with Crippen LogP contribution in [0.15, 0.2) is 24.3 Å². The number of hydrogen-bond acceptors (Lipinski definition) is 4. The van der Waals surface area contributed by atoms with Gasteiger partial charge in [-0.05, 0) is 44.0 Å². The van der Waals surface area contributed by atoms with Gasteiger partial charge in [0.15, 0.2) is 0 Å². The van der Waals surface area contributed by atoms with Gasteiger partial charge >= 0.3 is 6.03 Å². The molecule has 146 valence electrons. The molecule has 0 unspecified atom stereocenters. The van der Waals surface area contributed by atoms with Crippen LogP contribution < -0.4 is 15.4 Å². The molecule has 0 bridgehead atoms. The lowest BCUT2D eigenvalue weighted by Crippen LogP contribution is -2.46. The van der Waals surface area contributed by atoms with Crippen LogP contribution in [-0.4, -0.2) is 67.0 Å². The van der Waals surface area contributed by atoms with Crippen molar-refractivity contribution in [1.82, 2.24) is 9.80 Å². The number of rotatable bonds is 6. The zero-order valence-electron chi connectivity index (χ0n) is 15.6. The van der Waals surface area contributed by atoms with Gasteiger partial charge in [-0.3, -0.25) is 14.5 Å². The van der Waals surface area contributed by atoms with E-state index in [0.717, 1.165) is 11.4 Å². The number of likely N-dealkylation sites (tertiary alicyclic amines) is 1. The number of carbonyl (C=O) groups excluding carboxylic acids is 3. The van der Waals surface area contributed by atoms with Crippen LogP contribution in [0.1, 0.15) is 19.8 Å². The summed E-state index contributed by atoms with van der Waals surface area (Å²) < 4.78 is 5.42. The molecule has 1 aromatic carbocycles. The molecular formula is C19H26N4O4. The van der Waals surface area contributed by atoms with E-state index in [9.17, 15) is 14.4 Å². The topological polar surface area (TPSA) is 96.2 Å². The van der Waals surface area contributed by atoms with Gasteiger partial charge in [0, 0.05) is 37.8 Å². The van der Waals surface area contributed by atoms with Gasteiger partial charge in [-0.1, -0.05) is 0 Å². The van der Waals surface area contributed by atoms with Crippen molar-refractivity contribution in [1.29, 1.82) is 0 Å². The fourth-order valence-corrected chi connectivity index (χ4v) is 3.53. The third-order valence-electron chi connectivity index (χ3n) is 5.13. The Labute approximate surface area is 158 Å². The minimum atomic E-state index is -0.303. The number of urea groups is 1. The smallest absolute Gasteiger partial charge is 0.325 e. The van der Waals surface area contributed by atoms with Crippen molar-refractivity contribution in [3.63, 3.8) is 0 Å². The number of nitrogens with two attached hydrogens (primary N) is 1. The van der Waals surface area contributed by atoms with Crippen LogP contribution in [0.3, 0.4) is 0 Å². The summed E-state index contributed by atoms with van der Waals surface area (Å²) in [5, 5.41) is 0. The van der Waals surface area contributed by atoms with E-state index in [1.54, 1.807) is 14.7 Å². The van der Waals surface area contributed by atoms with Crippen molar-refractivity contribution < 1.29 is 19.1 Å². The van der Waals surface area contributed by atoms with Crippen molar-refractivity contribution >= 4 is 23.5 Å². The zero-order valence-corrected chi connectivity index (χ0v) is 15.6. The molecule has 0 spiro atoms. The standard InChI is InChI=1S/C19H26N4O4/c1-2-27-16-5-3-15(4-6-16)23-12-11-22(19(23)26)13-17(24)21-9-7-14(8-10-21)18(20)25/h3-6,14H,2,7-13H2,1H3,(H2,20,25). The second kappa shape index (κ2) is 8.28. The Morgan fingerprint density at radius 3 is 2.37 bits per heavy atom. The highest BCUT2D eigenvalue weighted by molar-refractivity contribution is 5.96. The highest BCUT2D eigenvalue weighted by Gasteiger charge is 2.33. The van der Waals surface area contributed by atoms with Crippen LogP contribution in [0.4, 0.5) is 10.5 Å². The van der Waals surface area contributed by atoms with Gasteiger partial charge in [0.1, 0.15) is 12.3 Å². The lowest BCUT2D eigenvalue weighted by molar-refractivity contribution is -0.135. The first-order chi connectivity index (χ1) is 13.0. The number of primary amides is 1. The number of amides is 4. The molecule has 4 amide bonds. The predicted molar refractivity (Wildman–Crippen MR) is 100 cm³/mol. The monoisotopic (exact) mass is 374 g/mol. The largest absolute Gasteiger partial charge is 0.494 e. The quantitative estimate of drug-likeness (QED) is 0.805. The van der Waals surface area contributed by atoms with Crippen molar-refractivity contribution in [3.05, 3.63) is 24.3 Å². The molecule has 8 heteroatoms. The van der Waals surface area contributed by atoms with E-state index >= 15 is 0 Å². The zero-order chi connectivity index (χ0) is 19.4. The van der Waals surface area contributed by atoms with Crippen LogP contribution in [0.5, 0.6) is 5.75 Å². The summed E-state index contributed by atoms with van der Waals surface area (Å²) in [6, 6.07) is 7.21. The molecular weight excluding hydrogens is 348 g/mol. The maximum absolute atomic E-state index is 12.7. The van der Waals surface area contributed by atoms with Crippen LogP contribution in [0, 0.1) is 5.92 Å². The molecule has 0 aromatic heterocycles. The number of ether oxygens (including phenoxy) is 1. The van der Waals surface area contributed by atoms with Gasteiger partial charge in [-0.25, -0.2) is 4.79 Å². The molecule has 0 aliphatic carbocycles. The second-order valence-corrected chi connectivity index (χ2v) is 6.84. The summed E-state index contributed by atoms with van der Waals surface area (Å²) >= 11 is 0. The van der Waals surface area contributed by atoms with Gasteiger partial charge < -0.3 is 20.3 Å². The Balaban J connectivity index is 1.54. The molecule has 0 saturated carbocycles. The minimum absolute atomic E-state index is 0.0631. The van der Waals surface area contributed by atoms with E-state index in [2.05, 4.69) is 0 Å². The van der Waals surface area contributed by atoms with E-state index < -0.39 is 0 Å². The highest BCUT2D eigenvalue weighted by atomic mass is 16.5. The average Bonchev–Trinajstić information content (AvgIpc) is 3.03. The maximum Gasteiger partial charge on any atom is 0.325 e. The SMILES string of the molecule is CCOc1ccc(N2CCN(CC(=O)N3CCC(C(N)=O)CC3)C2=O)cc1. The predicted octanol–water partition coefficient (Wildman–Crippen LogP) is 1.05. The lowest BCUT2D eigenvalue weighted by atomic mass is 9.96. The van der Waals surface area contributed by atoms with Crippen LogP contribution in [0.25, 0.3) is 0 Å². The fraction of sp³-hybridized carbons (Fsp3) is 0.526. The van der Waals surface area contributed by atoms with Gasteiger partial charge in [0.2, 0.25) is 11.8 Å².